The molecule has 0 amide bonds. The predicted molar refractivity (Wildman–Crippen MR) is 127 cm³/mol. The third kappa shape index (κ3) is 3.49. The van der Waals surface area contributed by atoms with E-state index in [1.807, 2.05) is 6.07 Å². The Labute approximate surface area is 186 Å². The Morgan fingerprint density at radius 3 is 2.68 bits per heavy atom. The second-order valence-corrected chi connectivity index (χ2v) is 10.3. The van der Waals surface area contributed by atoms with Crippen LogP contribution >= 0.6 is 0 Å². The first-order chi connectivity index (χ1) is 14.9. The maximum absolute atomic E-state index is 12.0. The van der Waals surface area contributed by atoms with Crippen LogP contribution in [-0.2, 0) is 24.0 Å². The molecule has 0 bridgehead atoms. The molecule has 1 fully saturated rings. The maximum Gasteiger partial charge on any atom is 0.0938 e. The predicted octanol–water partition coefficient (Wildman–Crippen LogP) is 4.20. The normalized spacial score (nSPS) is 32.3. The highest BCUT2D eigenvalue weighted by molar-refractivity contribution is 5.59. The van der Waals surface area contributed by atoms with Crippen molar-refractivity contribution in [1.82, 2.24) is 15.2 Å². The van der Waals surface area contributed by atoms with E-state index in [4.69, 9.17) is 0 Å². The lowest BCUT2D eigenvalue weighted by Crippen LogP contribution is -2.57. The lowest BCUT2D eigenvalue weighted by atomic mass is 9.62. The SMILES string of the molecule is CCC1C=Cc2[nH]c3c(c2C1)CCNC31CCC(O)(c2ccccc2)C(CN(C)C)C1. The molecule has 1 spiro atoms. The number of aromatic amines is 1. The molecule has 4 atom stereocenters. The van der Waals surface area contributed by atoms with Gasteiger partial charge in [-0.25, -0.2) is 0 Å². The molecular weight excluding hydrogens is 382 g/mol. The van der Waals surface area contributed by atoms with Gasteiger partial charge in [0.1, 0.15) is 0 Å². The van der Waals surface area contributed by atoms with Crippen LogP contribution in [0, 0.1) is 11.8 Å². The topological polar surface area (TPSA) is 51.3 Å². The number of hydrogen-bond acceptors (Lipinski definition) is 3. The molecule has 166 valence electrons. The molecule has 2 aromatic rings. The molecule has 0 radical (unpaired) electrons. The molecule has 4 nitrogen and oxygen atoms in total. The monoisotopic (exact) mass is 419 g/mol. The number of benzene rings is 1. The number of allylic oxidation sites excluding steroid dienone is 1. The van der Waals surface area contributed by atoms with Crippen molar-refractivity contribution in [2.75, 3.05) is 27.2 Å². The number of fused-ring (bicyclic) bond motifs is 4. The van der Waals surface area contributed by atoms with Crippen LogP contribution in [0.4, 0.5) is 0 Å². The summed E-state index contributed by atoms with van der Waals surface area (Å²) in [4.78, 5) is 6.09. The number of H-pyrrole nitrogens is 1. The lowest BCUT2D eigenvalue weighted by molar-refractivity contribution is -0.0887. The Bertz CT molecular complexity index is 962. The minimum absolute atomic E-state index is 0.0673. The highest BCUT2D eigenvalue weighted by Crippen LogP contribution is 2.51. The summed E-state index contributed by atoms with van der Waals surface area (Å²) in [6, 6.07) is 10.3. The molecule has 31 heavy (non-hydrogen) atoms. The van der Waals surface area contributed by atoms with Gasteiger partial charge in [-0.05, 0) is 81.3 Å². The molecule has 4 heteroatoms. The Kier molecular flexibility index (Phi) is 5.36. The molecule has 1 saturated carbocycles. The second-order valence-electron chi connectivity index (χ2n) is 10.3. The Hall–Kier alpha value is -1.88. The van der Waals surface area contributed by atoms with Crippen molar-refractivity contribution in [2.24, 2.45) is 11.8 Å². The van der Waals surface area contributed by atoms with Gasteiger partial charge in [0.2, 0.25) is 0 Å². The van der Waals surface area contributed by atoms with Gasteiger partial charge in [0.25, 0.3) is 0 Å². The quantitative estimate of drug-likeness (QED) is 0.696. The zero-order chi connectivity index (χ0) is 21.6. The van der Waals surface area contributed by atoms with Crippen molar-refractivity contribution in [3.05, 3.63) is 64.5 Å². The highest BCUT2D eigenvalue weighted by Gasteiger charge is 2.52. The van der Waals surface area contributed by atoms with Crippen LogP contribution in [0.2, 0.25) is 0 Å². The van der Waals surface area contributed by atoms with Gasteiger partial charge in [-0.1, -0.05) is 43.3 Å². The van der Waals surface area contributed by atoms with Crippen molar-refractivity contribution in [2.45, 2.75) is 56.6 Å². The van der Waals surface area contributed by atoms with Crippen LogP contribution in [-0.4, -0.2) is 42.2 Å². The van der Waals surface area contributed by atoms with Crippen LogP contribution in [0.5, 0.6) is 0 Å². The first-order valence-corrected chi connectivity index (χ1v) is 12.1. The number of aromatic nitrogens is 1. The third-order valence-corrected chi connectivity index (χ3v) is 8.16. The van der Waals surface area contributed by atoms with Crippen LogP contribution in [0.1, 0.15) is 60.7 Å². The van der Waals surface area contributed by atoms with Crippen LogP contribution in [0.25, 0.3) is 6.08 Å². The lowest BCUT2D eigenvalue weighted by Gasteiger charge is -2.51. The fourth-order valence-corrected chi connectivity index (χ4v) is 6.47. The molecule has 3 N–H and O–H groups in total. The second kappa shape index (κ2) is 7.91. The van der Waals surface area contributed by atoms with Crippen LogP contribution in [0.15, 0.2) is 36.4 Å². The molecule has 1 aliphatic heterocycles. The van der Waals surface area contributed by atoms with E-state index in [-0.39, 0.29) is 11.5 Å². The van der Waals surface area contributed by atoms with Crippen molar-refractivity contribution >= 4 is 6.08 Å². The number of aliphatic hydroxyl groups is 1. The van der Waals surface area contributed by atoms with E-state index in [0.29, 0.717) is 5.92 Å². The largest absolute Gasteiger partial charge is 0.385 e. The summed E-state index contributed by atoms with van der Waals surface area (Å²) in [6.45, 7) is 4.19. The summed E-state index contributed by atoms with van der Waals surface area (Å²) < 4.78 is 0. The van der Waals surface area contributed by atoms with Gasteiger partial charge in [0.15, 0.2) is 0 Å². The average Bonchev–Trinajstić information content (AvgIpc) is 3.16. The Morgan fingerprint density at radius 2 is 1.94 bits per heavy atom. The van der Waals surface area contributed by atoms with Crippen molar-refractivity contribution in [3.63, 3.8) is 0 Å². The van der Waals surface area contributed by atoms with Gasteiger partial charge in [0, 0.05) is 30.4 Å². The zero-order valence-electron chi connectivity index (χ0n) is 19.2. The summed E-state index contributed by atoms with van der Waals surface area (Å²) in [5.41, 5.74) is 6.06. The van der Waals surface area contributed by atoms with Crippen LogP contribution < -0.4 is 5.32 Å². The van der Waals surface area contributed by atoms with Gasteiger partial charge >= 0.3 is 0 Å². The molecule has 0 saturated heterocycles. The highest BCUT2D eigenvalue weighted by atomic mass is 16.3. The molecule has 1 aromatic carbocycles. The summed E-state index contributed by atoms with van der Waals surface area (Å²) >= 11 is 0. The standard InChI is InChI=1S/C27H37N3O/c1-4-19-10-11-24-23(16-19)22-12-15-28-26(25(22)29-24)13-14-27(31,20-8-6-5-7-9-20)21(17-26)18-30(2)3/h5-11,19,21,28-29,31H,4,12-18H2,1-3H3. The maximum atomic E-state index is 12.0. The summed E-state index contributed by atoms with van der Waals surface area (Å²) in [7, 11) is 4.24. The van der Waals surface area contributed by atoms with Gasteiger partial charge in [-0.15, -0.1) is 0 Å². The van der Waals surface area contributed by atoms with Crippen molar-refractivity contribution in [3.8, 4) is 0 Å². The van der Waals surface area contributed by atoms with Gasteiger partial charge in [0.05, 0.1) is 11.1 Å². The minimum atomic E-state index is -0.782. The summed E-state index contributed by atoms with van der Waals surface area (Å²) in [5, 5.41) is 15.9. The van der Waals surface area contributed by atoms with E-state index in [0.717, 1.165) is 44.3 Å². The third-order valence-electron chi connectivity index (χ3n) is 8.16. The Balaban J connectivity index is 1.53. The zero-order valence-corrected chi connectivity index (χ0v) is 19.2. The van der Waals surface area contributed by atoms with Gasteiger partial charge < -0.3 is 20.3 Å². The van der Waals surface area contributed by atoms with E-state index in [9.17, 15) is 5.11 Å². The van der Waals surface area contributed by atoms with Crippen LogP contribution in [0.3, 0.4) is 0 Å². The molecule has 2 heterocycles. The summed E-state index contributed by atoms with van der Waals surface area (Å²) in [5.74, 6) is 0.825. The summed E-state index contributed by atoms with van der Waals surface area (Å²) in [6.07, 6.45) is 10.9. The van der Waals surface area contributed by atoms with E-state index in [1.54, 1.807) is 11.1 Å². The first-order valence-electron chi connectivity index (χ1n) is 12.1. The van der Waals surface area contributed by atoms with E-state index < -0.39 is 5.60 Å². The molecule has 4 unspecified atom stereocenters. The average molecular weight is 420 g/mol. The van der Waals surface area contributed by atoms with Crippen molar-refractivity contribution in [1.29, 1.82) is 0 Å². The molecule has 3 aliphatic rings. The number of nitrogens with zero attached hydrogens (tertiary/aromatic N) is 1. The minimum Gasteiger partial charge on any atom is -0.385 e. The fourth-order valence-electron chi connectivity index (χ4n) is 6.47. The molecule has 5 rings (SSSR count). The van der Waals surface area contributed by atoms with Crippen molar-refractivity contribution < 1.29 is 5.11 Å². The van der Waals surface area contributed by atoms with E-state index in [1.165, 1.54) is 24.2 Å². The van der Waals surface area contributed by atoms with Gasteiger partial charge in [-0.2, -0.15) is 0 Å². The van der Waals surface area contributed by atoms with E-state index >= 15 is 0 Å². The van der Waals surface area contributed by atoms with E-state index in [2.05, 4.69) is 72.6 Å². The molecule has 2 aliphatic carbocycles. The number of nitrogens with one attached hydrogen (secondary N) is 2. The number of rotatable bonds is 4. The number of hydrogen-bond donors (Lipinski definition) is 3. The molecule has 1 aromatic heterocycles. The fraction of sp³-hybridized carbons (Fsp3) is 0.556. The smallest absolute Gasteiger partial charge is 0.0938 e. The Morgan fingerprint density at radius 1 is 1.13 bits per heavy atom. The van der Waals surface area contributed by atoms with Gasteiger partial charge in [-0.3, -0.25) is 0 Å². The molecular formula is C27H37N3O. The first kappa shape index (κ1) is 21.0.